The molecule has 2 aromatic rings. The van der Waals surface area contributed by atoms with Gasteiger partial charge in [0.1, 0.15) is 5.82 Å². The van der Waals surface area contributed by atoms with Crippen molar-refractivity contribution in [2.45, 2.75) is 45.7 Å². The van der Waals surface area contributed by atoms with Gasteiger partial charge < -0.3 is 14.8 Å². The van der Waals surface area contributed by atoms with E-state index >= 15 is 0 Å². The van der Waals surface area contributed by atoms with Crippen LogP contribution in [0.4, 0.5) is 0 Å². The molecule has 1 aliphatic carbocycles. The summed E-state index contributed by atoms with van der Waals surface area (Å²) in [5.41, 5.74) is 2.77. The van der Waals surface area contributed by atoms with E-state index in [-0.39, 0.29) is 11.3 Å². The molecule has 140 valence electrons. The lowest BCUT2D eigenvalue weighted by Gasteiger charge is -2.29. The molecular formula is C19H28N6O. The van der Waals surface area contributed by atoms with Crippen LogP contribution >= 0.6 is 0 Å². The first-order chi connectivity index (χ1) is 12.4. The fraction of sp³-hybridized carbons (Fsp3) is 0.632. The average Bonchev–Trinajstić information content (AvgIpc) is 2.99. The van der Waals surface area contributed by atoms with Crippen LogP contribution in [0, 0.1) is 19.3 Å². The number of aryl methyl sites for hydroxylation is 3. The Labute approximate surface area is 154 Å². The Morgan fingerprint density at radius 1 is 1.35 bits per heavy atom. The van der Waals surface area contributed by atoms with Crippen molar-refractivity contribution in [2.24, 2.45) is 19.5 Å². The molecule has 7 heteroatoms. The first-order valence-electron chi connectivity index (χ1n) is 9.41. The Kier molecular flexibility index (Phi) is 4.14. The van der Waals surface area contributed by atoms with Gasteiger partial charge in [-0.15, -0.1) is 0 Å². The molecule has 1 spiro atoms. The summed E-state index contributed by atoms with van der Waals surface area (Å²) in [5, 5.41) is 7.89. The summed E-state index contributed by atoms with van der Waals surface area (Å²) >= 11 is 0. The fourth-order valence-corrected chi connectivity index (χ4v) is 4.48. The van der Waals surface area contributed by atoms with Gasteiger partial charge in [0.15, 0.2) is 0 Å². The van der Waals surface area contributed by atoms with Crippen molar-refractivity contribution in [3.63, 3.8) is 0 Å². The van der Waals surface area contributed by atoms with E-state index in [9.17, 15) is 4.79 Å². The maximum absolute atomic E-state index is 13.6. The second-order valence-electron chi connectivity index (χ2n) is 7.89. The maximum Gasteiger partial charge on any atom is 0.258 e. The number of amides is 1. The van der Waals surface area contributed by atoms with Crippen LogP contribution in [-0.2, 0) is 20.6 Å². The molecule has 2 aliphatic rings. The first-order valence-corrected chi connectivity index (χ1v) is 9.41. The van der Waals surface area contributed by atoms with Gasteiger partial charge >= 0.3 is 0 Å². The predicted molar refractivity (Wildman–Crippen MR) is 98.7 cm³/mol. The molecule has 1 saturated carbocycles. The Hall–Kier alpha value is -2.15. The third-order valence-electron chi connectivity index (χ3n) is 6.34. The lowest BCUT2D eigenvalue weighted by atomic mass is 9.93. The molecule has 1 atom stereocenters. The Morgan fingerprint density at radius 3 is 2.65 bits per heavy atom. The Morgan fingerprint density at radius 2 is 2.08 bits per heavy atom. The third-order valence-corrected chi connectivity index (χ3v) is 6.34. The highest BCUT2D eigenvalue weighted by Crippen LogP contribution is 2.56. The topological polar surface area (TPSA) is 68.0 Å². The van der Waals surface area contributed by atoms with E-state index in [1.807, 2.05) is 38.7 Å². The lowest BCUT2D eigenvalue weighted by Crippen LogP contribution is -2.40. The van der Waals surface area contributed by atoms with Gasteiger partial charge in [0.25, 0.3) is 5.91 Å². The smallest absolute Gasteiger partial charge is 0.258 e. The lowest BCUT2D eigenvalue weighted by molar-refractivity contribution is 0.0684. The molecule has 1 saturated heterocycles. The molecule has 0 radical (unpaired) electrons. The van der Waals surface area contributed by atoms with Crippen molar-refractivity contribution in [3.05, 3.63) is 35.2 Å². The normalized spacial score (nSPS) is 21.2. The molecule has 7 nitrogen and oxygen atoms in total. The van der Waals surface area contributed by atoms with Gasteiger partial charge in [0.2, 0.25) is 0 Å². The number of imidazole rings is 1. The van der Waals surface area contributed by atoms with Crippen LogP contribution < -0.4 is 5.32 Å². The summed E-state index contributed by atoms with van der Waals surface area (Å²) in [6, 6.07) is 0.299. The number of carbonyl (C=O) groups is 1. The molecule has 4 rings (SSSR count). The standard InChI is InChI=1S/C19H28N6O/c1-13-17(14(2)24(4)22-13)18(26)25(12-16-21-9-10-23(16)3)15-11-19(15)5-7-20-8-6-19/h9-10,15,20H,5-8,11-12H2,1-4H3. The van der Waals surface area contributed by atoms with Crippen LogP contribution in [0.2, 0.25) is 0 Å². The number of aromatic nitrogens is 4. The van der Waals surface area contributed by atoms with E-state index in [1.54, 1.807) is 10.9 Å². The van der Waals surface area contributed by atoms with Gasteiger partial charge in [-0.05, 0) is 51.6 Å². The number of piperidine rings is 1. The minimum atomic E-state index is 0.0940. The van der Waals surface area contributed by atoms with Crippen LogP contribution in [0.5, 0.6) is 0 Å². The third kappa shape index (κ3) is 2.74. The van der Waals surface area contributed by atoms with Gasteiger partial charge in [-0.25, -0.2) is 4.98 Å². The van der Waals surface area contributed by atoms with Crippen molar-refractivity contribution >= 4 is 5.91 Å². The van der Waals surface area contributed by atoms with Crippen LogP contribution in [0.15, 0.2) is 12.4 Å². The molecular weight excluding hydrogens is 328 g/mol. The van der Waals surface area contributed by atoms with Crippen molar-refractivity contribution < 1.29 is 4.79 Å². The number of nitrogens with one attached hydrogen (secondary N) is 1. The van der Waals surface area contributed by atoms with Crippen molar-refractivity contribution in [1.29, 1.82) is 0 Å². The maximum atomic E-state index is 13.6. The fourth-order valence-electron chi connectivity index (χ4n) is 4.48. The number of hydrogen-bond donors (Lipinski definition) is 1. The molecule has 1 aliphatic heterocycles. The van der Waals surface area contributed by atoms with Gasteiger partial charge in [-0.1, -0.05) is 0 Å². The summed E-state index contributed by atoms with van der Waals surface area (Å²) in [5.74, 6) is 1.02. The number of carbonyl (C=O) groups excluding carboxylic acids is 1. The summed E-state index contributed by atoms with van der Waals surface area (Å²) < 4.78 is 3.80. The molecule has 2 fully saturated rings. The highest BCUT2D eigenvalue weighted by molar-refractivity contribution is 5.96. The van der Waals surface area contributed by atoms with E-state index in [4.69, 9.17) is 0 Å². The number of hydrogen-bond acceptors (Lipinski definition) is 4. The molecule has 1 unspecified atom stereocenters. The molecule has 0 bridgehead atoms. The second-order valence-corrected chi connectivity index (χ2v) is 7.89. The minimum absolute atomic E-state index is 0.0940. The van der Waals surface area contributed by atoms with E-state index < -0.39 is 0 Å². The van der Waals surface area contributed by atoms with Gasteiger partial charge in [0, 0.05) is 38.2 Å². The molecule has 26 heavy (non-hydrogen) atoms. The Balaban J connectivity index is 1.66. The number of rotatable bonds is 4. The Bertz CT molecular complexity index is 829. The van der Waals surface area contributed by atoms with Gasteiger partial charge in [-0.3, -0.25) is 9.48 Å². The first kappa shape index (κ1) is 17.3. The summed E-state index contributed by atoms with van der Waals surface area (Å²) in [4.78, 5) is 20.1. The van der Waals surface area contributed by atoms with Crippen molar-refractivity contribution in [2.75, 3.05) is 13.1 Å². The minimum Gasteiger partial charge on any atom is -0.337 e. The van der Waals surface area contributed by atoms with Crippen molar-refractivity contribution in [3.8, 4) is 0 Å². The van der Waals surface area contributed by atoms with E-state index in [2.05, 4.69) is 20.3 Å². The van der Waals surface area contributed by atoms with Crippen LogP contribution in [0.25, 0.3) is 0 Å². The monoisotopic (exact) mass is 356 g/mol. The number of nitrogens with zero attached hydrogens (tertiary/aromatic N) is 5. The average molecular weight is 356 g/mol. The van der Waals surface area contributed by atoms with E-state index in [0.717, 1.165) is 55.1 Å². The zero-order valence-corrected chi connectivity index (χ0v) is 16.1. The van der Waals surface area contributed by atoms with Crippen LogP contribution in [0.3, 0.4) is 0 Å². The highest BCUT2D eigenvalue weighted by atomic mass is 16.2. The SMILES string of the molecule is Cc1nn(C)c(C)c1C(=O)N(Cc1nccn1C)C1CC12CCNCC2. The zero-order chi connectivity index (χ0) is 18.5. The molecule has 1 N–H and O–H groups in total. The molecule has 0 aromatic carbocycles. The predicted octanol–water partition coefficient (Wildman–Crippen LogP) is 1.55. The summed E-state index contributed by atoms with van der Waals surface area (Å²) in [6.45, 7) is 6.54. The highest BCUT2D eigenvalue weighted by Gasteiger charge is 2.58. The van der Waals surface area contributed by atoms with Gasteiger partial charge in [0.05, 0.1) is 17.8 Å². The molecule has 1 amide bonds. The van der Waals surface area contributed by atoms with Gasteiger partial charge in [-0.2, -0.15) is 5.10 Å². The second kappa shape index (κ2) is 6.23. The largest absolute Gasteiger partial charge is 0.337 e. The molecule has 2 aromatic heterocycles. The van der Waals surface area contributed by atoms with Crippen molar-refractivity contribution in [1.82, 2.24) is 29.5 Å². The summed E-state index contributed by atoms with van der Waals surface area (Å²) in [6.07, 6.45) is 7.13. The molecule has 3 heterocycles. The summed E-state index contributed by atoms with van der Waals surface area (Å²) in [7, 11) is 3.88. The van der Waals surface area contributed by atoms with Crippen LogP contribution in [-0.4, -0.2) is 49.3 Å². The van der Waals surface area contributed by atoms with E-state index in [0.29, 0.717) is 12.6 Å². The van der Waals surface area contributed by atoms with E-state index in [1.165, 1.54) is 0 Å². The quantitative estimate of drug-likeness (QED) is 0.903. The van der Waals surface area contributed by atoms with Crippen LogP contribution in [0.1, 0.15) is 46.8 Å². The zero-order valence-electron chi connectivity index (χ0n) is 16.1.